The third-order valence-electron chi connectivity index (χ3n) is 2.39. The van der Waals surface area contributed by atoms with E-state index >= 15 is 0 Å². The van der Waals surface area contributed by atoms with Crippen LogP contribution in [0, 0.1) is 0 Å². The number of carbonyl (C=O) groups is 1. The molecule has 1 aromatic heterocycles. The van der Waals surface area contributed by atoms with Gasteiger partial charge in [0.15, 0.2) is 6.17 Å². The summed E-state index contributed by atoms with van der Waals surface area (Å²) >= 11 is 1.04. The molecule has 17 heavy (non-hydrogen) atoms. The van der Waals surface area contributed by atoms with Gasteiger partial charge in [-0.3, -0.25) is 9.78 Å². The average Bonchev–Trinajstić information content (AvgIpc) is 2.78. The Hall–Kier alpha value is -1.56. The van der Waals surface area contributed by atoms with Crippen molar-refractivity contribution in [3.8, 4) is 0 Å². The van der Waals surface area contributed by atoms with E-state index in [1.54, 1.807) is 0 Å². The lowest BCUT2D eigenvalue weighted by atomic mass is 9.91. The molecule has 2 rings (SSSR count). The molecule has 0 bridgehead atoms. The van der Waals surface area contributed by atoms with Gasteiger partial charge in [-0.15, -0.1) is 11.3 Å². The Morgan fingerprint density at radius 2 is 2.41 bits per heavy atom. The van der Waals surface area contributed by atoms with Crippen LogP contribution in [0.15, 0.2) is 35.6 Å². The molecule has 0 aromatic carbocycles. The van der Waals surface area contributed by atoms with Crippen molar-refractivity contribution in [2.45, 2.75) is 18.8 Å². The first-order valence-corrected chi connectivity index (χ1v) is 5.81. The molecule has 0 fully saturated rings. The minimum Gasteiger partial charge on any atom is -0.327 e. The van der Waals surface area contributed by atoms with Crippen LogP contribution < -0.4 is 5.32 Å². The number of halogens is 2. The highest BCUT2D eigenvalue weighted by Crippen LogP contribution is 2.40. The Morgan fingerprint density at radius 3 is 3.00 bits per heavy atom. The van der Waals surface area contributed by atoms with Crippen LogP contribution in [0.3, 0.4) is 0 Å². The summed E-state index contributed by atoms with van der Waals surface area (Å²) in [6, 6.07) is 0. The molecule has 3 nitrogen and oxygen atoms in total. The Bertz CT molecular complexity index is 484. The van der Waals surface area contributed by atoms with Gasteiger partial charge in [-0.25, -0.2) is 8.78 Å². The van der Waals surface area contributed by atoms with Crippen molar-refractivity contribution >= 4 is 17.2 Å². The summed E-state index contributed by atoms with van der Waals surface area (Å²) in [7, 11) is 0. The van der Waals surface area contributed by atoms with E-state index in [-0.39, 0.29) is 10.6 Å². The van der Waals surface area contributed by atoms with Gasteiger partial charge in [0.1, 0.15) is 0 Å². The Balaban J connectivity index is 2.32. The maximum atomic E-state index is 14.5. The predicted octanol–water partition coefficient (Wildman–Crippen LogP) is 2.24. The third kappa shape index (κ3) is 2.12. The zero-order chi connectivity index (χ0) is 12.5. The lowest BCUT2D eigenvalue weighted by molar-refractivity contribution is -0.118. The first-order valence-electron chi connectivity index (χ1n) is 4.93. The number of hydrogen-bond acceptors (Lipinski definition) is 3. The van der Waals surface area contributed by atoms with Crippen molar-refractivity contribution in [1.29, 1.82) is 0 Å². The standard InChI is InChI=1S/C11H10F2N2OS/c1-7(16)15-8-3-2-4-11(13,10(8)12)9-5-14-6-17-9/h2-6,10H,1H3,(H,15,16). The number of allylic oxidation sites excluding steroid dienone is 4. The van der Waals surface area contributed by atoms with Crippen LogP contribution >= 0.6 is 11.3 Å². The number of hydrogen-bond donors (Lipinski definition) is 1. The van der Waals surface area contributed by atoms with Gasteiger partial charge in [-0.05, 0) is 12.2 Å². The predicted molar refractivity (Wildman–Crippen MR) is 60.8 cm³/mol. The maximum absolute atomic E-state index is 14.5. The zero-order valence-corrected chi connectivity index (χ0v) is 9.80. The Morgan fingerprint density at radius 1 is 1.65 bits per heavy atom. The summed E-state index contributed by atoms with van der Waals surface area (Å²) in [5.41, 5.74) is -0.891. The second-order valence-electron chi connectivity index (χ2n) is 3.66. The van der Waals surface area contributed by atoms with E-state index < -0.39 is 17.7 Å². The van der Waals surface area contributed by atoms with E-state index in [0.717, 1.165) is 17.4 Å². The molecule has 0 spiro atoms. The van der Waals surface area contributed by atoms with Gasteiger partial charge in [0, 0.05) is 13.1 Å². The van der Waals surface area contributed by atoms with Gasteiger partial charge in [-0.2, -0.15) is 0 Å². The van der Waals surface area contributed by atoms with Gasteiger partial charge < -0.3 is 5.32 Å². The number of nitrogens with zero attached hydrogens (tertiary/aromatic N) is 1. The molecule has 0 radical (unpaired) electrons. The number of amides is 1. The molecular weight excluding hydrogens is 246 g/mol. The maximum Gasteiger partial charge on any atom is 0.221 e. The van der Waals surface area contributed by atoms with Crippen molar-refractivity contribution in [2.75, 3.05) is 0 Å². The lowest BCUT2D eigenvalue weighted by Gasteiger charge is -2.28. The first-order chi connectivity index (χ1) is 8.04. The van der Waals surface area contributed by atoms with Crippen LogP contribution in [-0.4, -0.2) is 17.1 Å². The van der Waals surface area contributed by atoms with Gasteiger partial charge in [-0.1, -0.05) is 6.08 Å². The second-order valence-corrected chi connectivity index (χ2v) is 4.54. The highest BCUT2D eigenvalue weighted by molar-refractivity contribution is 7.09. The normalized spacial score (nSPS) is 27.7. The topological polar surface area (TPSA) is 42.0 Å². The molecule has 0 saturated heterocycles. The number of rotatable bonds is 2. The molecule has 0 aliphatic heterocycles. The number of aromatic nitrogens is 1. The molecule has 1 amide bonds. The lowest BCUT2D eigenvalue weighted by Crippen LogP contribution is -2.39. The second kappa shape index (κ2) is 4.37. The summed E-state index contributed by atoms with van der Waals surface area (Å²) in [6.45, 7) is 1.25. The Kier molecular flexibility index (Phi) is 3.06. The molecule has 6 heteroatoms. The molecule has 90 valence electrons. The van der Waals surface area contributed by atoms with Gasteiger partial charge in [0.25, 0.3) is 0 Å². The van der Waals surface area contributed by atoms with Crippen LogP contribution in [0.5, 0.6) is 0 Å². The van der Waals surface area contributed by atoms with Crippen LogP contribution in [0.25, 0.3) is 0 Å². The minimum absolute atomic E-state index is 0.0732. The largest absolute Gasteiger partial charge is 0.327 e. The highest BCUT2D eigenvalue weighted by atomic mass is 32.1. The summed E-state index contributed by atoms with van der Waals surface area (Å²) in [5.74, 6) is -0.430. The summed E-state index contributed by atoms with van der Waals surface area (Å²) in [6.07, 6.45) is 3.23. The molecule has 2 unspecified atom stereocenters. The van der Waals surface area contributed by atoms with Crippen LogP contribution in [0.4, 0.5) is 8.78 Å². The number of nitrogens with one attached hydrogen (secondary N) is 1. The van der Waals surface area contributed by atoms with E-state index in [4.69, 9.17) is 0 Å². The van der Waals surface area contributed by atoms with Gasteiger partial charge in [0.2, 0.25) is 11.6 Å². The van der Waals surface area contributed by atoms with E-state index in [1.807, 2.05) is 0 Å². The third-order valence-corrected chi connectivity index (χ3v) is 3.29. The molecule has 0 saturated carbocycles. The summed E-state index contributed by atoms with van der Waals surface area (Å²) in [5, 5.41) is 2.29. The van der Waals surface area contributed by atoms with E-state index in [1.165, 1.54) is 30.8 Å². The smallest absolute Gasteiger partial charge is 0.221 e. The van der Waals surface area contributed by atoms with Crippen LogP contribution in [0.1, 0.15) is 11.8 Å². The van der Waals surface area contributed by atoms with Crippen LogP contribution in [-0.2, 0) is 10.5 Å². The molecule has 1 aromatic rings. The molecule has 1 aliphatic carbocycles. The van der Waals surface area contributed by atoms with Crippen LogP contribution in [0.2, 0.25) is 0 Å². The van der Waals surface area contributed by atoms with Crippen molar-refractivity contribution in [1.82, 2.24) is 10.3 Å². The number of carbonyl (C=O) groups excluding carboxylic acids is 1. The summed E-state index contributed by atoms with van der Waals surface area (Å²) < 4.78 is 28.6. The summed E-state index contributed by atoms with van der Waals surface area (Å²) in [4.78, 5) is 14.8. The van der Waals surface area contributed by atoms with Gasteiger partial charge in [0.05, 0.1) is 16.1 Å². The molecular formula is C11H10F2N2OS. The van der Waals surface area contributed by atoms with Crippen molar-refractivity contribution in [2.24, 2.45) is 0 Å². The fourth-order valence-electron chi connectivity index (χ4n) is 1.61. The highest BCUT2D eigenvalue weighted by Gasteiger charge is 2.44. The van der Waals surface area contributed by atoms with Crippen molar-refractivity contribution in [3.05, 3.63) is 40.5 Å². The molecule has 1 aliphatic rings. The number of thiazole rings is 1. The zero-order valence-electron chi connectivity index (χ0n) is 8.98. The fraction of sp³-hybridized carbons (Fsp3) is 0.273. The first kappa shape index (κ1) is 11.9. The number of alkyl halides is 2. The fourth-order valence-corrected chi connectivity index (χ4v) is 2.32. The van der Waals surface area contributed by atoms with E-state index in [2.05, 4.69) is 10.3 Å². The average molecular weight is 256 g/mol. The minimum atomic E-state index is -2.26. The quantitative estimate of drug-likeness (QED) is 0.881. The Labute approximate surface area is 101 Å². The molecule has 1 N–H and O–H groups in total. The van der Waals surface area contributed by atoms with Crippen molar-refractivity contribution < 1.29 is 13.6 Å². The van der Waals surface area contributed by atoms with E-state index in [9.17, 15) is 13.6 Å². The molecule has 1 heterocycles. The monoisotopic (exact) mass is 256 g/mol. The van der Waals surface area contributed by atoms with E-state index in [0.29, 0.717) is 0 Å². The van der Waals surface area contributed by atoms with Gasteiger partial charge >= 0.3 is 0 Å². The molecule has 2 atom stereocenters. The SMILES string of the molecule is CC(=O)NC1=CC=CC(F)(c2cncs2)C1F. The van der Waals surface area contributed by atoms with Crippen molar-refractivity contribution in [3.63, 3.8) is 0 Å².